The fourth-order valence-electron chi connectivity index (χ4n) is 3.38. The van der Waals surface area contributed by atoms with Gasteiger partial charge in [0.15, 0.2) is 11.0 Å². The van der Waals surface area contributed by atoms with E-state index in [4.69, 9.17) is 4.74 Å². The number of amides is 1. The van der Waals surface area contributed by atoms with Gasteiger partial charge in [0.1, 0.15) is 5.00 Å². The van der Waals surface area contributed by atoms with Crippen LogP contribution in [0.4, 0.5) is 5.00 Å². The zero-order valence-electron chi connectivity index (χ0n) is 19.4. The van der Waals surface area contributed by atoms with Crippen molar-refractivity contribution in [2.24, 2.45) is 0 Å². The highest BCUT2D eigenvalue weighted by Crippen LogP contribution is 2.35. The van der Waals surface area contributed by atoms with E-state index >= 15 is 0 Å². The number of hydrogen-bond donors (Lipinski definition) is 1. The van der Waals surface area contributed by atoms with Gasteiger partial charge in [0, 0.05) is 27.2 Å². The molecule has 0 saturated heterocycles. The summed E-state index contributed by atoms with van der Waals surface area (Å²) in [7, 11) is 1.35. The van der Waals surface area contributed by atoms with Gasteiger partial charge in [-0.2, -0.15) is 0 Å². The summed E-state index contributed by atoms with van der Waals surface area (Å²) >= 11 is 4.39. The molecule has 0 fully saturated rings. The number of hydrogen-bond acceptors (Lipinski definition) is 8. The number of ether oxygens (including phenoxy) is 1. The predicted molar refractivity (Wildman–Crippen MR) is 137 cm³/mol. The molecule has 0 aliphatic rings. The van der Waals surface area contributed by atoms with Crippen LogP contribution in [0.5, 0.6) is 0 Å². The number of methoxy groups -OCH3 is 1. The SMILES string of the molecule is C=CCn1c(SCC(=O)Nc2sc(C)c(CC)c2C(=O)OC)nnc1-c1csc(C(C)C)c1. The number of anilines is 1. The molecule has 0 aliphatic heterocycles. The van der Waals surface area contributed by atoms with Crippen molar-refractivity contribution in [1.29, 1.82) is 0 Å². The molecule has 3 aromatic rings. The van der Waals surface area contributed by atoms with Crippen molar-refractivity contribution in [3.05, 3.63) is 45.0 Å². The van der Waals surface area contributed by atoms with E-state index < -0.39 is 5.97 Å². The molecule has 176 valence electrons. The number of nitrogens with one attached hydrogen (secondary N) is 1. The van der Waals surface area contributed by atoms with Gasteiger partial charge in [0.05, 0.1) is 18.4 Å². The first-order valence-electron chi connectivity index (χ1n) is 10.6. The summed E-state index contributed by atoms with van der Waals surface area (Å²) in [5.41, 5.74) is 2.36. The predicted octanol–water partition coefficient (Wildman–Crippen LogP) is 5.77. The highest BCUT2D eigenvalue weighted by atomic mass is 32.2. The van der Waals surface area contributed by atoms with Crippen LogP contribution >= 0.6 is 34.4 Å². The normalized spacial score (nSPS) is 11.1. The Morgan fingerprint density at radius 1 is 1.36 bits per heavy atom. The third-order valence-electron chi connectivity index (χ3n) is 5.01. The number of rotatable bonds is 10. The first kappa shape index (κ1) is 25.2. The first-order valence-corrected chi connectivity index (χ1v) is 13.2. The highest BCUT2D eigenvalue weighted by molar-refractivity contribution is 7.99. The summed E-state index contributed by atoms with van der Waals surface area (Å²) < 4.78 is 6.89. The van der Waals surface area contributed by atoms with E-state index in [1.165, 1.54) is 35.1 Å². The average Bonchev–Trinajstić information content (AvgIpc) is 3.49. The molecule has 3 aromatic heterocycles. The summed E-state index contributed by atoms with van der Waals surface area (Å²) in [5, 5.41) is 14.8. The average molecular weight is 505 g/mol. The molecular weight excluding hydrogens is 476 g/mol. The molecule has 1 N–H and O–H groups in total. The molecule has 0 unspecified atom stereocenters. The molecule has 10 heteroatoms. The van der Waals surface area contributed by atoms with Gasteiger partial charge in [-0.15, -0.1) is 39.4 Å². The number of esters is 1. The zero-order chi connectivity index (χ0) is 24.1. The maximum Gasteiger partial charge on any atom is 0.341 e. The number of thioether (sulfide) groups is 1. The Balaban J connectivity index is 1.76. The minimum Gasteiger partial charge on any atom is -0.465 e. The fraction of sp³-hybridized carbons (Fsp3) is 0.391. The number of aromatic nitrogens is 3. The fourth-order valence-corrected chi connectivity index (χ4v) is 6.18. The second-order valence-corrected chi connectivity index (χ2v) is 10.7. The number of aryl methyl sites for hydroxylation is 1. The van der Waals surface area contributed by atoms with Crippen molar-refractivity contribution in [2.75, 3.05) is 18.2 Å². The second-order valence-electron chi connectivity index (χ2n) is 7.62. The lowest BCUT2D eigenvalue weighted by Gasteiger charge is -2.08. The van der Waals surface area contributed by atoms with E-state index in [0.29, 0.717) is 34.6 Å². The summed E-state index contributed by atoms with van der Waals surface area (Å²) in [5.74, 6) is 0.679. The molecule has 0 spiro atoms. The smallest absolute Gasteiger partial charge is 0.341 e. The van der Waals surface area contributed by atoms with Crippen molar-refractivity contribution in [3.63, 3.8) is 0 Å². The van der Waals surface area contributed by atoms with Gasteiger partial charge in [-0.1, -0.05) is 38.6 Å². The van der Waals surface area contributed by atoms with Crippen molar-refractivity contribution in [2.45, 2.75) is 51.7 Å². The molecule has 3 rings (SSSR count). The Hall–Kier alpha value is -2.43. The largest absolute Gasteiger partial charge is 0.465 e. The van der Waals surface area contributed by atoms with Gasteiger partial charge in [-0.05, 0) is 30.9 Å². The Labute approximate surface area is 206 Å². The van der Waals surface area contributed by atoms with Gasteiger partial charge in [-0.25, -0.2) is 4.79 Å². The van der Waals surface area contributed by atoms with Crippen molar-refractivity contribution < 1.29 is 14.3 Å². The van der Waals surface area contributed by atoms with Crippen LogP contribution in [0.25, 0.3) is 11.4 Å². The molecule has 1 amide bonds. The molecule has 0 radical (unpaired) electrons. The second kappa shape index (κ2) is 11.1. The Morgan fingerprint density at radius 3 is 2.73 bits per heavy atom. The monoisotopic (exact) mass is 504 g/mol. The molecule has 0 aliphatic carbocycles. The lowest BCUT2D eigenvalue weighted by Crippen LogP contribution is -2.16. The minimum atomic E-state index is -0.439. The molecule has 0 saturated carbocycles. The van der Waals surface area contributed by atoms with E-state index in [1.807, 2.05) is 18.4 Å². The van der Waals surface area contributed by atoms with E-state index in [1.54, 1.807) is 17.4 Å². The molecule has 7 nitrogen and oxygen atoms in total. The number of carbonyl (C=O) groups is 2. The molecule has 33 heavy (non-hydrogen) atoms. The lowest BCUT2D eigenvalue weighted by molar-refractivity contribution is -0.113. The van der Waals surface area contributed by atoms with Gasteiger partial charge in [-0.3, -0.25) is 9.36 Å². The Morgan fingerprint density at radius 2 is 2.12 bits per heavy atom. The van der Waals surface area contributed by atoms with Gasteiger partial charge < -0.3 is 10.1 Å². The van der Waals surface area contributed by atoms with E-state index in [0.717, 1.165) is 21.8 Å². The molecule has 3 heterocycles. The van der Waals surface area contributed by atoms with Crippen molar-refractivity contribution >= 4 is 51.3 Å². The summed E-state index contributed by atoms with van der Waals surface area (Å²) in [6.07, 6.45) is 2.47. The van der Waals surface area contributed by atoms with E-state index in [2.05, 4.69) is 47.4 Å². The number of carbonyl (C=O) groups excluding carboxylic acids is 2. The molecule has 0 aromatic carbocycles. The van der Waals surface area contributed by atoms with Gasteiger partial charge >= 0.3 is 5.97 Å². The lowest BCUT2D eigenvalue weighted by atomic mass is 10.1. The van der Waals surface area contributed by atoms with Gasteiger partial charge in [0.2, 0.25) is 5.91 Å². The van der Waals surface area contributed by atoms with Crippen molar-refractivity contribution in [3.8, 4) is 11.4 Å². The van der Waals surface area contributed by atoms with Crippen LogP contribution in [0.2, 0.25) is 0 Å². The van der Waals surface area contributed by atoms with Crippen LogP contribution in [-0.2, 0) is 22.5 Å². The number of allylic oxidation sites excluding steroid dienone is 1. The van der Waals surface area contributed by atoms with Crippen LogP contribution in [-0.4, -0.2) is 39.5 Å². The van der Waals surface area contributed by atoms with E-state index in [-0.39, 0.29) is 11.7 Å². The molecule has 0 bridgehead atoms. The van der Waals surface area contributed by atoms with Crippen LogP contribution < -0.4 is 5.32 Å². The third kappa shape index (κ3) is 5.56. The third-order valence-corrected chi connectivity index (χ3v) is 8.28. The zero-order valence-corrected chi connectivity index (χ0v) is 21.9. The van der Waals surface area contributed by atoms with Crippen LogP contribution in [0.1, 0.15) is 52.4 Å². The molecule has 0 atom stereocenters. The molecular formula is C23H28N4O3S3. The maximum absolute atomic E-state index is 12.7. The highest BCUT2D eigenvalue weighted by Gasteiger charge is 2.23. The Kier molecular flexibility index (Phi) is 8.50. The summed E-state index contributed by atoms with van der Waals surface area (Å²) in [4.78, 5) is 27.3. The first-order chi connectivity index (χ1) is 15.8. The van der Waals surface area contributed by atoms with Gasteiger partial charge in [0.25, 0.3) is 0 Å². The quantitative estimate of drug-likeness (QED) is 0.214. The number of nitrogens with zero attached hydrogens (tertiary/aromatic N) is 3. The van der Waals surface area contributed by atoms with Crippen LogP contribution in [0.15, 0.2) is 29.3 Å². The number of thiophene rings is 2. The van der Waals surface area contributed by atoms with Crippen LogP contribution in [0, 0.1) is 6.92 Å². The summed E-state index contributed by atoms with van der Waals surface area (Å²) in [6, 6.07) is 2.14. The topological polar surface area (TPSA) is 86.1 Å². The van der Waals surface area contributed by atoms with E-state index in [9.17, 15) is 9.59 Å². The van der Waals surface area contributed by atoms with Crippen LogP contribution in [0.3, 0.4) is 0 Å². The maximum atomic E-state index is 12.7. The summed E-state index contributed by atoms with van der Waals surface area (Å²) in [6.45, 7) is 12.6. The Bertz CT molecular complexity index is 1160. The standard InChI is InChI=1S/C23H28N4O3S3/c1-7-9-27-20(15-10-17(13(3)4)31-11-15)25-26-23(27)32-12-18(28)24-21-19(22(29)30-6)16(8-2)14(5)33-21/h7,10-11,13H,1,8-9,12H2,2-6H3,(H,24,28). The minimum absolute atomic E-state index is 0.134. The van der Waals surface area contributed by atoms with Crippen molar-refractivity contribution in [1.82, 2.24) is 14.8 Å².